The van der Waals surface area contributed by atoms with Crippen molar-refractivity contribution >= 4 is 5.91 Å². The van der Waals surface area contributed by atoms with E-state index in [1.165, 1.54) is 5.56 Å². The molecule has 112 valence electrons. The van der Waals surface area contributed by atoms with Gasteiger partial charge in [-0.05, 0) is 39.8 Å². The molecule has 0 fully saturated rings. The molecule has 0 aliphatic carbocycles. The first-order valence-electron chi connectivity index (χ1n) is 7.11. The van der Waals surface area contributed by atoms with Gasteiger partial charge >= 0.3 is 0 Å². The van der Waals surface area contributed by atoms with E-state index in [2.05, 4.69) is 18.3 Å². The van der Waals surface area contributed by atoms with Gasteiger partial charge in [-0.1, -0.05) is 11.6 Å². The molecule has 1 unspecified atom stereocenters. The molecule has 1 rings (SSSR count). The van der Waals surface area contributed by atoms with E-state index in [4.69, 9.17) is 4.74 Å². The number of hydrogen-bond acceptors (Lipinski definition) is 2. The number of likely N-dealkylation sites (N-methyl/N-ethyl adjacent to an activating group) is 1. The molecule has 0 spiro atoms. The summed E-state index contributed by atoms with van der Waals surface area (Å²) in [6.45, 7) is 8.73. The summed E-state index contributed by atoms with van der Waals surface area (Å²) in [5.74, 6) is 0.968. The van der Waals surface area contributed by atoms with Crippen LogP contribution in [0.5, 0.6) is 5.75 Å². The lowest BCUT2D eigenvalue weighted by molar-refractivity contribution is -0.908. The standard InChI is InChI=1S/C16H26N2O2/c1-11(2)17-16(19)13(4)18(5)10-14-9-12(3)7-8-15(14)20-6/h7-9,11,13H,10H2,1-6H3,(H,17,19)/p+1/t13-/m0/s1. The third kappa shape index (κ3) is 4.53. The Balaban J connectivity index is 2.77. The predicted octanol–water partition coefficient (Wildman–Crippen LogP) is 0.931. The molecule has 4 heteroatoms. The van der Waals surface area contributed by atoms with E-state index < -0.39 is 0 Å². The Morgan fingerprint density at radius 2 is 2.00 bits per heavy atom. The Morgan fingerprint density at radius 1 is 1.35 bits per heavy atom. The summed E-state index contributed by atoms with van der Waals surface area (Å²) >= 11 is 0. The van der Waals surface area contributed by atoms with Crippen molar-refractivity contribution in [1.82, 2.24) is 5.32 Å². The fourth-order valence-corrected chi connectivity index (χ4v) is 2.13. The topological polar surface area (TPSA) is 42.8 Å². The van der Waals surface area contributed by atoms with Crippen molar-refractivity contribution in [3.8, 4) is 5.75 Å². The molecule has 0 bridgehead atoms. The zero-order valence-electron chi connectivity index (χ0n) is 13.4. The van der Waals surface area contributed by atoms with E-state index in [-0.39, 0.29) is 18.0 Å². The van der Waals surface area contributed by atoms with Gasteiger partial charge in [-0.15, -0.1) is 0 Å². The van der Waals surface area contributed by atoms with Gasteiger partial charge in [0, 0.05) is 11.6 Å². The molecule has 0 saturated carbocycles. The SMILES string of the molecule is COc1ccc(C)cc1C[NH+](C)[C@@H](C)C(=O)NC(C)C. The van der Waals surface area contributed by atoms with E-state index in [1.807, 2.05) is 40.0 Å². The molecule has 0 heterocycles. The summed E-state index contributed by atoms with van der Waals surface area (Å²) in [5, 5.41) is 2.96. The predicted molar refractivity (Wildman–Crippen MR) is 81.1 cm³/mol. The number of benzene rings is 1. The van der Waals surface area contributed by atoms with E-state index in [0.29, 0.717) is 0 Å². The number of quaternary nitrogens is 1. The highest BCUT2D eigenvalue weighted by atomic mass is 16.5. The second kappa shape index (κ2) is 7.29. The molecule has 4 nitrogen and oxygen atoms in total. The van der Waals surface area contributed by atoms with Gasteiger partial charge in [-0.3, -0.25) is 4.79 Å². The third-order valence-electron chi connectivity index (χ3n) is 3.47. The van der Waals surface area contributed by atoms with Gasteiger partial charge in [0.25, 0.3) is 5.91 Å². The minimum absolute atomic E-state index is 0.0871. The molecular weight excluding hydrogens is 252 g/mol. The van der Waals surface area contributed by atoms with Crippen molar-refractivity contribution in [3.63, 3.8) is 0 Å². The second-order valence-electron chi connectivity index (χ2n) is 5.72. The van der Waals surface area contributed by atoms with Crippen LogP contribution in [0.1, 0.15) is 31.9 Å². The molecule has 20 heavy (non-hydrogen) atoms. The Morgan fingerprint density at radius 3 is 2.55 bits per heavy atom. The maximum absolute atomic E-state index is 12.0. The van der Waals surface area contributed by atoms with Crippen molar-refractivity contribution in [3.05, 3.63) is 29.3 Å². The minimum Gasteiger partial charge on any atom is -0.496 e. The number of hydrogen-bond donors (Lipinski definition) is 2. The molecular formula is C16H27N2O2+. The molecule has 1 aromatic rings. The lowest BCUT2D eigenvalue weighted by Gasteiger charge is -2.23. The van der Waals surface area contributed by atoms with Crippen molar-refractivity contribution in [1.29, 1.82) is 0 Å². The number of aryl methyl sites for hydroxylation is 1. The molecule has 0 radical (unpaired) electrons. The van der Waals surface area contributed by atoms with E-state index in [0.717, 1.165) is 22.8 Å². The third-order valence-corrected chi connectivity index (χ3v) is 3.47. The molecule has 0 aliphatic rings. The van der Waals surface area contributed by atoms with Crippen LogP contribution >= 0.6 is 0 Å². The molecule has 0 aromatic heterocycles. The summed E-state index contributed by atoms with van der Waals surface area (Å²) in [6.07, 6.45) is 0. The highest BCUT2D eigenvalue weighted by Gasteiger charge is 2.23. The number of rotatable bonds is 6. The molecule has 0 aliphatic heterocycles. The van der Waals surface area contributed by atoms with Crippen LogP contribution in [0.2, 0.25) is 0 Å². The number of methoxy groups -OCH3 is 1. The van der Waals surface area contributed by atoms with Gasteiger partial charge in [0.2, 0.25) is 0 Å². The number of ether oxygens (including phenoxy) is 1. The monoisotopic (exact) mass is 279 g/mol. The lowest BCUT2D eigenvalue weighted by Crippen LogP contribution is -3.12. The van der Waals surface area contributed by atoms with Crippen LogP contribution in [0.25, 0.3) is 0 Å². The van der Waals surface area contributed by atoms with Crippen LogP contribution in [0.3, 0.4) is 0 Å². The van der Waals surface area contributed by atoms with Crippen LogP contribution in [0, 0.1) is 6.92 Å². The Labute approximate surface area is 122 Å². The van der Waals surface area contributed by atoms with Crippen LogP contribution in [0.4, 0.5) is 0 Å². The van der Waals surface area contributed by atoms with Gasteiger partial charge in [0.05, 0.1) is 14.2 Å². The van der Waals surface area contributed by atoms with Gasteiger partial charge in [-0.25, -0.2) is 0 Å². The quantitative estimate of drug-likeness (QED) is 0.813. The lowest BCUT2D eigenvalue weighted by atomic mass is 10.1. The highest BCUT2D eigenvalue weighted by Crippen LogP contribution is 2.18. The number of amides is 1. The summed E-state index contributed by atoms with van der Waals surface area (Å²) < 4.78 is 5.39. The first kappa shape index (κ1) is 16.5. The number of carbonyl (C=O) groups excluding carboxylic acids is 1. The zero-order valence-corrected chi connectivity index (χ0v) is 13.4. The summed E-state index contributed by atoms with van der Waals surface area (Å²) in [5.41, 5.74) is 2.34. The Bertz CT molecular complexity index is 458. The zero-order chi connectivity index (χ0) is 15.3. The Hall–Kier alpha value is -1.55. The molecule has 1 aromatic carbocycles. The van der Waals surface area contributed by atoms with Crippen molar-refractivity contribution in [2.75, 3.05) is 14.2 Å². The maximum Gasteiger partial charge on any atom is 0.278 e. The summed E-state index contributed by atoms with van der Waals surface area (Å²) in [7, 11) is 3.71. The molecule has 2 N–H and O–H groups in total. The van der Waals surface area contributed by atoms with Gasteiger partial charge in [-0.2, -0.15) is 0 Å². The van der Waals surface area contributed by atoms with Gasteiger partial charge in [0.1, 0.15) is 12.3 Å². The van der Waals surface area contributed by atoms with Crippen LogP contribution in [-0.4, -0.2) is 32.1 Å². The Kier molecular flexibility index (Phi) is 6.02. The molecule has 1 amide bonds. The minimum atomic E-state index is -0.0948. The van der Waals surface area contributed by atoms with Crippen molar-refractivity contribution in [2.24, 2.45) is 0 Å². The second-order valence-corrected chi connectivity index (χ2v) is 5.72. The number of carbonyl (C=O) groups is 1. The van der Waals surface area contributed by atoms with Crippen LogP contribution < -0.4 is 15.0 Å². The average molecular weight is 279 g/mol. The summed E-state index contributed by atoms with van der Waals surface area (Å²) in [6, 6.07) is 6.22. The van der Waals surface area contributed by atoms with Gasteiger partial charge < -0.3 is 15.0 Å². The first-order chi connectivity index (χ1) is 9.35. The van der Waals surface area contributed by atoms with Gasteiger partial charge in [0.15, 0.2) is 6.04 Å². The van der Waals surface area contributed by atoms with E-state index >= 15 is 0 Å². The smallest absolute Gasteiger partial charge is 0.278 e. The number of nitrogens with one attached hydrogen (secondary N) is 2. The molecule has 0 saturated heterocycles. The largest absolute Gasteiger partial charge is 0.496 e. The van der Waals surface area contributed by atoms with Crippen molar-refractivity contribution < 1.29 is 14.4 Å². The first-order valence-corrected chi connectivity index (χ1v) is 7.11. The van der Waals surface area contributed by atoms with Crippen LogP contribution in [0.15, 0.2) is 18.2 Å². The normalized spacial score (nSPS) is 13.9. The van der Waals surface area contributed by atoms with Crippen LogP contribution in [-0.2, 0) is 11.3 Å². The average Bonchev–Trinajstić information content (AvgIpc) is 2.37. The van der Waals surface area contributed by atoms with E-state index in [9.17, 15) is 4.79 Å². The highest BCUT2D eigenvalue weighted by molar-refractivity contribution is 5.80. The van der Waals surface area contributed by atoms with Crippen molar-refractivity contribution in [2.45, 2.75) is 46.3 Å². The van der Waals surface area contributed by atoms with E-state index in [1.54, 1.807) is 7.11 Å². The summed E-state index contributed by atoms with van der Waals surface area (Å²) in [4.78, 5) is 13.2. The fraction of sp³-hybridized carbons (Fsp3) is 0.562. The molecule has 2 atom stereocenters. The maximum atomic E-state index is 12.0. The fourth-order valence-electron chi connectivity index (χ4n) is 2.13.